The van der Waals surface area contributed by atoms with Crippen LogP contribution in [0.2, 0.25) is 0 Å². The number of rotatable bonds is 8. The molecule has 8 nitrogen and oxygen atoms in total. The van der Waals surface area contributed by atoms with Gasteiger partial charge in [0.1, 0.15) is 11.6 Å². The quantitative estimate of drug-likeness (QED) is 0.388. The molecule has 2 N–H and O–H groups in total. The predicted molar refractivity (Wildman–Crippen MR) is 165 cm³/mol. The molecule has 3 aromatic rings. The molecule has 3 heterocycles. The first-order valence-electron chi connectivity index (χ1n) is 13.9. The van der Waals surface area contributed by atoms with Gasteiger partial charge in [0, 0.05) is 74.5 Å². The Morgan fingerprint density at radius 2 is 1.67 bits per heavy atom. The second-order valence-electron chi connectivity index (χ2n) is 10.8. The third kappa shape index (κ3) is 6.63. The predicted octanol–water partition coefficient (Wildman–Crippen LogP) is 4.86. The second kappa shape index (κ2) is 12.5. The van der Waals surface area contributed by atoms with E-state index in [9.17, 15) is 0 Å². The van der Waals surface area contributed by atoms with Crippen molar-refractivity contribution in [2.75, 3.05) is 82.3 Å². The van der Waals surface area contributed by atoms with Gasteiger partial charge in [-0.1, -0.05) is 26.1 Å². The first kappa shape index (κ1) is 27.6. The van der Waals surface area contributed by atoms with E-state index in [-0.39, 0.29) is 7.92 Å². The summed E-state index contributed by atoms with van der Waals surface area (Å²) in [6.45, 7) is 13.4. The average molecular weight is 548 g/mol. The Bertz CT molecular complexity index is 1250. The normalized spacial score (nSPS) is 17.4. The number of para-hydroxylation sites is 1. The molecular weight excluding hydrogens is 505 g/mol. The molecule has 208 valence electrons. The van der Waals surface area contributed by atoms with Crippen LogP contribution in [-0.4, -0.2) is 92.6 Å². The Balaban J connectivity index is 1.26. The highest BCUT2D eigenvalue weighted by molar-refractivity contribution is 7.64. The van der Waals surface area contributed by atoms with Crippen molar-refractivity contribution in [1.82, 2.24) is 19.8 Å². The van der Waals surface area contributed by atoms with Crippen LogP contribution in [0.15, 0.2) is 48.7 Å². The van der Waals surface area contributed by atoms with Gasteiger partial charge in [-0.25, -0.2) is 4.98 Å². The molecule has 39 heavy (non-hydrogen) atoms. The summed E-state index contributed by atoms with van der Waals surface area (Å²) in [4.78, 5) is 17.0. The third-order valence-corrected chi connectivity index (χ3v) is 9.28. The summed E-state index contributed by atoms with van der Waals surface area (Å²) >= 11 is 0. The van der Waals surface area contributed by atoms with Crippen LogP contribution >= 0.6 is 7.92 Å². The number of aryl methyl sites for hydroxylation is 1. The number of anilines is 5. The van der Waals surface area contributed by atoms with E-state index < -0.39 is 0 Å². The largest absolute Gasteiger partial charge is 0.494 e. The molecule has 2 fully saturated rings. The number of nitrogens with one attached hydrogen (secondary N) is 2. The Hall–Kier alpha value is -2.93. The van der Waals surface area contributed by atoms with Crippen LogP contribution in [0.5, 0.6) is 5.75 Å². The monoisotopic (exact) mass is 547 g/mol. The number of piperidine rings is 1. The van der Waals surface area contributed by atoms with Gasteiger partial charge in [-0.05, 0) is 63.6 Å². The van der Waals surface area contributed by atoms with Crippen LogP contribution in [-0.2, 0) is 0 Å². The molecule has 0 saturated carbocycles. The van der Waals surface area contributed by atoms with Crippen LogP contribution in [0, 0.1) is 6.92 Å². The van der Waals surface area contributed by atoms with Crippen LogP contribution < -0.4 is 25.6 Å². The van der Waals surface area contributed by atoms with Gasteiger partial charge in [-0.15, -0.1) is 0 Å². The maximum atomic E-state index is 5.80. The molecule has 0 aliphatic carbocycles. The maximum Gasteiger partial charge on any atom is 0.229 e. The topological polar surface area (TPSA) is 68.8 Å². The molecule has 5 rings (SSSR count). The summed E-state index contributed by atoms with van der Waals surface area (Å²) < 4.78 is 5.80. The van der Waals surface area contributed by atoms with Gasteiger partial charge in [0.15, 0.2) is 0 Å². The van der Waals surface area contributed by atoms with E-state index in [2.05, 4.69) is 93.2 Å². The smallest absolute Gasteiger partial charge is 0.229 e. The van der Waals surface area contributed by atoms with Gasteiger partial charge in [0.05, 0.1) is 12.8 Å². The summed E-state index contributed by atoms with van der Waals surface area (Å²) in [5.74, 6) is 2.13. The minimum atomic E-state index is -0.239. The number of benzene rings is 2. The zero-order chi connectivity index (χ0) is 27.4. The Morgan fingerprint density at radius 3 is 2.38 bits per heavy atom. The number of methoxy groups -OCH3 is 1. The maximum absolute atomic E-state index is 5.80. The van der Waals surface area contributed by atoms with Crippen LogP contribution in [0.1, 0.15) is 18.4 Å². The summed E-state index contributed by atoms with van der Waals surface area (Å²) in [6, 6.07) is 15.5. The van der Waals surface area contributed by atoms with Crippen molar-refractivity contribution in [1.29, 1.82) is 0 Å². The molecule has 1 aromatic heterocycles. The Morgan fingerprint density at radius 1 is 0.923 bits per heavy atom. The second-order valence-corrected chi connectivity index (χ2v) is 13.1. The van der Waals surface area contributed by atoms with E-state index in [1.807, 2.05) is 13.1 Å². The van der Waals surface area contributed by atoms with Crippen molar-refractivity contribution in [3.8, 4) is 5.75 Å². The SMILES string of the molecule is COc1cc(N2CCC(N3CCN(C)CC3)CC2)ccc1Nc1ncc(C)c(Nc2ccccc2P(C)C)n1. The lowest BCUT2D eigenvalue weighted by atomic mass is 10.0. The zero-order valence-electron chi connectivity index (χ0n) is 23.9. The minimum Gasteiger partial charge on any atom is -0.494 e. The highest BCUT2D eigenvalue weighted by Gasteiger charge is 2.27. The lowest BCUT2D eigenvalue weighted by Crippen LogP contribution is -2.52. The Labute approximate surface area is 234 Å². The number of nitrogens with zero attached hydrogens (tertiary/aromatic N) is 5. The fourth-order valence-corrected chi connectivity index (χ4v) is 6.50. The number of hydrogen-bond donors (Lipinski definition) is 2. The fraction of sp³-hybridized carbons (Fsp3) is 0.467. The first-order chi connectivity index (χ1) is 18.9. The van der Waals surface area contributed by atoms with E-state index in [4.69, 9.17) is 9.72 Å². The number of likely N-dealkylation sites (N-methyl/N-ethyl adjacent to an activating group) is 1. The van der Waals surface area contributed by atoms with Gasteiger partial charge in [0.25, 0.3) is 0 Å². The average Bonchev–Trinajstić information content (AvgIpc) is 2.96. The van der Waals surface area contributed by atoms with Crippen LogP contribution in [0.3, 0.4) is 0 Å². The van der Waals surface area contributed by atoms with Crippen molar-refractivity contribution in [3.63, 3.8) is 0 Å². The summed E-state index contributed by atoms with van der Waals surface area (Å²) in [7, 11) is 3.70. The zero-order valence-corrected chi connectivity index (χ0v) is 24.8. The number of aromatic nitrogens is 2. The standard InChI is InChI=1S/C30H42N7OP/c1-22-21-31-30(34-29(22)32-26-8-6-7-9-28(26)39(4)5)33-25-11-10-24(20-27(25)38-3)36-14-12-23(13-15-36)37-18-16-35(2)17-19-37/h6-11,20-21,23H,12-19H2,1-5H3,(H2,31,32,33,34). The van der Waals surface area contributed by atoms with Gasteiger partial charge < -0.3 is 25.2 Å². The summed E-state index contributed by atoms with van der Waals surface area (Å²) in [5.41, 5.74) is 4.15. The van der Waals surface area contributed by atoms with E-state index in [0.29, 0.717) is 12.0 Å². The number of piperazine rings is 1. The Kier molecular flexibility index (Phi) is 8.85. The molecule has 0 radical (unpaired) electrons. The van der Waals surface area contributed by atoms with Crippen LogP contribution in [0.4, 0.5) is 28.8 Å². The molecule has 0 bridgehead atoms. The van der Waals surface area contributed by atoms with Gasteiger partial charge in [0.2, 0.25) is 5.95 Å². The lowest BCUT2D eigenvalue weighted by Gasteiger charge is -2.42. The van der Waals surface area contributed by atoms with E-state index >= 15 is 0 Å². The van der Waals surface area contributed by atoms with E-state index in [0.717, 1.165) is 41.6 Å². The van der Waals surface area contributed by atoms with Crippen molar-refractivity contribution in [3.05, 3.63) is 54.2 Å². The molecular formula is C30H42N7OP. The third-order valence-electron chi connectivity index (χ3n) is 7.93. The lowest BCUT2D eigenvalue weighted by molar-refractivity contribution is 0.0982. The molecule has 0 unspecified atom stereocenters. The van der Waals surface area contributed by atoms with Crippen molar-refractivity contribution < 1.29 is 4.74 Å². The van der Waals surface area contributed by atoms with Crippen LogP contribution in [0.25, 0.3) is 0 Å². The van der Waals surface area contributed by atoms with E-state index in [1.54, 1.807) is 7.11 Å². The molecule has 2 saturated heterocycles. The van der Waals surface area contributed by atoms with E-state index in [1.165, 1.54) is 50.0 Å². The minimum absolute atomic E-state index is 0.239. The molecule has 0 atom stereocenters. The molecule has 2 aromatic carbocycles. The number of ether oxygens (including phenoxy) is 1. The van der Waals surface area contributed by atoms with Crippen molar-refractivity contribution in [2.45, 2.75) is 25.8 Å². The van der Waals surface area contributed by atoms with Gasteiger partial charge in [-0.2, -0.15) is 4.98 Å². The van der Waals surface area contributed by atoms with Gasteiger partial charge >= 0.3 is 0 Å². The van der Waals surface area contributed by atoms with Gasteiger partial charge in [-0.3, -0.25) is 4.90 Å². The van der Waals surface area contributed by atoms with Crippen molar-refractivity contribution in [2.24, 2.45) is 0 Å². The summed E-state index contributed by atoms with van der Waals surface area (Å²) in [5, 5.41) is 8.25. The summed E-state index contributed by atoms with van der Waals surface area (Å²) in [6.07, 6.45) is 4.27. The molecule has 0 amide bonds. The molecule has 0 spiro atoms. The fourth-order valence-electron chi connectivity index (χ4n) is 5.50. The number of hydrogen-bond acceptors (Lipinski definition) is 8. The highest BCUT2D eigenvalue weighted by atomic mass is 31.1. The van der Waals surface area contributed by atoms with Crippen molar-refractivity contribution >= 4 is 42.1 Å². The molecule has 2 aliphatic heterocycles. The molecule has 2 aliphatic rings. The highest BCUT2D eigenvalue weighted by Crippen LogP contribution is 2.34. The first-order valence-corrected chi connectivity index (χ1v) is 16.1. The molecule has 9 heteroatoms.